The second kappa shape index (κ2) is 31.9. The molecule has 0 fully saturated rings. The molecule has 0 heterocycles. The van der Waals surface area contributed by atoms with E-state index in [4.69, 9.17) is 9.05 Å². The molecule has 0 aromatic heterocycles. The molecule has 8 nitrogen and oxygen atoms in total. The van der Waals surface area contributed by atoms with Crippen LogP contribution in [0.2, 0.25) is 0 Å². The Morgan fingerprint density at radius 1 is 0.735 bits per heavy atom. The predicted molar refractivity (Wildman–Crippen MR) is 205 cm³/mol. The molecule has 0 radical (unpaired) electrons. The highest BCUT2D eigenvalue weighted by molar-refractivity contribution is 7.45. The number of hydrogen-bond donors (Lipinski definition) is 2. The maximum Gasteiger partial charge on any atom is 0.268 e. The van der Waals surface area contributed by atoms with Gasteiger partial charge in [0.25, 0.3) is 7.82 Å². The maximum atomic E-state index is 12.7. The van der Waals surface area contributed by atoms with Crippen molar-refractivity contribution in [3.05, 3.63) is 72.9 Å². The van der Waals surface area contributed by atoms with Gasteiger partial charge < -0.3 is 28.8 Å². The first-order valence-corrected chi connectivity index (χ1v) is 20.3. The van der Waals surface area contributed by atoms with Gasteiger partial charge in [0.15, 0.2) is 0 Å². The van der Waals surface area contributed by atoms with Gasteiger partial charge in [-0.15, -0.1) is 0 Å². The number of phosphoric acid groups is 1. The maximum absolute atomic E-state index is 12.7. The molecule has 0 bridgehead atoms. The van der Waals surface area contributed by atoms with Gasteiger partial charge in [0.2, 0.25) is 5.91 Å². The lowest BCUT2D eigenvalue weighted by atomic mass is 10.1. The lowest BCUT2D eigenvalue weighted by molar-refractivity contribution is -0.870. The van der Waals surface area contributed by atoms with Gasteiger partial charge >= 0.3 is 0 Å². The summed E-state index contributed by atoms with van der Waals surface area (Å²) in [4.78, 5) is 25.0. The van der Waals surface area contributed by atoms with Gasteiger partial charge in [-0.1, -0.05) is 125 Å². The van der Waals surface area contributed by atoms with Gasteiger partial charge in [-0.3, -0.25) is 9.36 Å². The van der Waals surface area contributed by atoms with E-state index in [0.717, 1.165) is 96.3 Å². The van der Waals surface area contributed by atoms with E-state index >= 15 is 0 Å². The van der Waals surface area contributed by atoms with Crippen molar-refractivity contribution in [1.29, 1.82) is 0 Å². The first kappa shape index (κ1) is 46.9. The largest absolute Gasteiger partial charge is 0.756 e. The molecule has 282 valence electrons. The zero-order valence-corrected chi connectivity index (χ0v) is 32.5. The SMILES string of the molecule is CC/C=C\C/C=C\C/C=C\C/C=C\C/C=C\CCCCCCCC(=O)NC(COP(=O)([O-])OCC[N+](C)(C)C)C(O)/C=C/CCCCCC. The Balaban J connectivity index is 4.35. The van der Waals surface area contributed by atoms with Crippen LogP contribution in [0.15, 0.2) is 72.9 Å². The molecule has 0 spiro atoms. The van der Waals surface area contributed by atoms with Gasteiger partial charge in [0.1, 0.15) is 13.2 Å². The number of amides is 1. The quantitative estimate of drug-likeness (QED) is 0.0313. The van der Waals surface area contributed by atoms with Crippen LogP contribution in [-0.4, -0.2) is 68.5 Å². The summed E-state index contributed by atoms with van der Waals surface area (Å²) in [6.07, 6.45) is 41.1. The summed E-state index contributed by atoms with van der Waals surface area (Å²) in [6.45, 7) is 4.39. The number of aliphatic hydroxyl groups is 1. The molecule has 0 saturated carbocycles. The minimum atomic E-state index is -4.58. The van der Waals surface area contributed by atoms with Crippen LogP contribution >= 0.6 is 7.82 Å². The van der Waals surface area contributed by atoms with Crippen LogP contribution in [0.1, 0.15) is 123 Å². The standard InChI is InChI=1S/C40H71N2O6P/c1-6-8-10-12-14-15-16-17-18-19-20-21-22-23-24-25-26-27-28-30-32-34-40(44)41-38(39(43)33-31-29-13-11-9-7-2)37-48-49(45,46)47-36-35-42(3,4)5/h8,10,14-15,17-18,20-21,23-24,31,33,38-39,43H,6-7,9,11-13,16,19,22,25-30,32,34-37H2,1-5H3,(H-,41,44,45,46)/b10-8-,15-14-,18-17-,21-20-,24-23-,33-31+. The second-order valence-electron chi connectivity index (χ2n) is 13.5. The van der Waals surface area contributed by atoms with E-state index in [0.29, 0.717) is 17.4 Å². The van der Waals surface area contributed by atoms with Crippen molar-refractivity contribution >= 4 is 13.7 Å². The summed E-state index contributed by atoms with van der Waals surface area (Å²) in [5.41, 5.74) is 0. The van der Waals surface area contributed by atoms with Gasteiger partial charge in [0, 0.05) is 6.42 Å². The fourth-order valence-corrected chi connectivity index (χ4v) is 5.37. The highest BCUT2D eigenvalue weighted by Crippen LogP contribution is 2.38. The number of phosphoric ester groups is 1. The monoisotopic (exact) mass is 707 g/mol. The summed E-state index contributed by atoms with van der Waals surface area (Å²) < 4.78 is 22.9. The second-order valence-corrected chi connectivity index (χ2v) is 15.0. The topological polar surface area (TPSA) is 108 Å². The number of unbranched alkanes of at least 4 members (excludes halogenated alkanes) is 9. The first-order valence-electron chi connectivity index (χ1n) is 18.8. The summed E-state index contributed by atoms with van der Waals surface area (Å²) in [7, 11) is 1.22. The lowest BCUT2D eigenvalue weighted by Crippen LogP contribution is -2.45. The number of carbonyl (C=O) groups is 1. The van der Waals surface area contributed by atoms with Gasteiger partial charge in [0.05, 0.1) is 39.9 Å². The van der Waals surface area contributed by atoms with Crippen molar-refractivity contribution in [2.75, 3.05) is 40.9 Å². The van der Waals surface area contributed by atoms with E-state index in [2.05, 4.69) is 79.9 Å². The molecule has 1 amide bonds. The third-order valence-electron chi connectivity index (χ3n) is 7.67. The Bertz CT molecular complexity index is 1030. The Morgan fingerprint density at radius 2 is 1.24 bits per heavy atom. The molecule has 0 aliphatic carbocycles. The Labute approximate surface area is 300 Å². The number of likely N-dealkylation sites (N-methyl/N-ethyl adjacent to an activating group) is 1. The molecule has 0 rings (SSSR count). The molecule has 9 heteroatoms. The molecular formula is C40H71N2O6P. The van der Waals surface area contributed by atoms with Gasteiger partial charge in [-0.25, -0.2) is 0 Å². The highest BCUT2D eigenvalue weighted by atomic mass is 31.2. The van der Waals surface area contributed by atoms with Crippen LogP contribution in [0, 0.1) is 0 Å². The zero-order valence-electron chi connectivity index (χ0n) is 31.6. The normalized spacial score (nSPS) is 15.5. The summed E-state index contributed by atoms with van der Waals surface area (Å²) >= 11 is 0. The van der Waals surface area contributed by atoms with Crippen LogP contribution in [0.4, 0.5) is 0 Å². The number of allylic oxidation sites excluding steroid dienone is 11. The number of quaternary nitrogens is 1. The zero-order chi connectivity index (χ0) is 36.5. The van der Waals surface area contributed by atoms with Crippen molar-refractivity contribution in [1.82, 2.24) is 5.32 Å². The van der Waals surface area contributed by atoms with Crippen LogP contribution in [0.5, 0.6) is 0 Å². The average molecular weight is 707 g/mol. The number of carbonyl (C=O) groups excluding carboxylic acids is 1. The molecule has 0 saturated heterocycles. The molecule has 49 heavy (non-hydrogen) atoms. The number of hydrogen-bond acceptors (Lipinski definition) is 6. The number of nitrogens with zero attached hydrogens (tertiary/aromatic N) is 1. The minimum Gasteiger partial charge on any atom is -0.756 e. The summed E-state index contributed by atoms with van der Waals surface area (Å²) in [5.74, 6) is -0.227. The van der Waals surface area contributed by atoms with Crippen LogP contribution < -0.4 is 10.2 Å². The summed E-state index contributed by atoms with van der Waals surface area (Å²) in [5, 5.41) is 13.5. The van der Waals surface area contributed by atoms with E-state index in [9.17, 15) is 19.4 Å². The van der Waals surface area contributed by atoms with Crippen molar-refractivity contribution in [2.45, 2.75) is 135 Å². The molecule has 0 aromatic rings. The minimum absolute atomic E-state index is 0.0101. The fraction of sp³-hybridized carbons (Fsp3) is 0.675. The van der Waals surface area contributed by atoms with Crippen molar-refractivity contribution < 1.29 is 32.9 Å². The highest BCUT2D eigenvalue weighted by Gasteiger charge is 2.23. The van der Waals surface area contributed by atoms with E-state index < -0.39 is 26.6 Å². The molecule has 2 N–H and O–H groups in total. The molecule has 0 aliphatic rings. The Hall–Kier alpha value is -2.06. The van der Waals surface area contributed by atoms with Crippen LogP contribution in [0.25, 0.3) is 0 Å². The molecular weight excluding hydrogens is 635 g/mol. The van der Waals surface area contributed by atoms with Crippen LogP contribution in [0.3, 0.4) is 0 Å². The number of nitrogens with one attached hydrogen (secondary N) is 1. The number of rotatable bonds is 32. The van der Waals surface area contributed by atoms with Crippen molar-refractivity contribution in [3.8, 4) is 0 Å². The summed E-state index contributed by atoms with van der Waals surface area (Å²) in [6, 6.07) is -0.896. The average Bonchev–Trinajstić information content (AvgIpc) is 3.04. The van der Waals surface area contributed by atoms with Crippen molar-refractivity contribution in [3.63, 3.8) is 0 Å². The van der Waals surface area contributed by atoms with Gasteiger partial charge in [-0.2, -0.15) is 0 Å². The third kappa shape index (κ3) is 34.2. The van der Waals surface area contributed by atoms with Crippen molar-refractivity contribution in [2.24, 2.45) is 0 Å². The molecule has 3 unspecified atom stereocenters. The molecule has 0 aliphatic heterocycles. The molecule has 0 aromatic carbocycles. The predicted octanol–water partition coefficient (Wildman–Crippen LogP) is 9.05. The first-order chi connectivity index (χ1) is 23.5. The third-order valence-corrected chi connectivity index (χ3v) is 8.64. The fourth-order valence-electron chi connectivity index (χ4n) is 4.65. The Morgan fingerprint density at radius 3 is 1.82 bits per heavy atom. The Kier molecular flexibility index (Phi) is 30.5. The van der Waals surface area contributed by atoms with Gasteiger partial charge in [-0.05, 0) is 64.2 Å². The van der Waals surface area contributed by atoms with E-state index in [-0.39, 0.29) is 12.5 Å². The van der Waals surface area contributed by atoms with E-state index in [1.165, 1.54) is 6.42 Å². The van der Waals surface area contributed by atoms with Crippen LogP contribution in [-0.2, 0) is 18.4 Å². The lowest BCUT2D eigenvalue weighted by Gasteiger charge is -2.29. The number of aliphatic hydroxyl groups excluding tert-OH is 1. The smallest absolute Gasteiger partial charge is 0.268 e. The van der Waals surface area contributed by atoms with E-state index in [1.54, 1.807) is 6.08 Å². The molecule has 3 atom stereocenters. The van der Waals surface area contributed by atoms with E-state index in [1.807, 2.05) is 27.2 Å².